The van der Waals surface area contributed by atoms with E-state index < -0.39 is 0 Å². The van der Waals surface area contributed by atoms with E-state index in [0.29, 0.717) is 0 Å². The summed E-state index contributed by atoms with van der Waals surface area (Å²) in [6.07, 6.45) is 2.80. The van der Waals surface area contributed by atoms with Crippen molar-refractivity contribution >= 4 is 0 Å². The van der Waals surface area contributed by atoms with Gasteiger partial charge >= 0.3 is 0 Å². The van der Waals surface area contributed by atoms with Gasteiger partial charge in [-0.2, -0.15) is 0 Å². The summed E-state index contributed by atoms with van der Waals surface area (Å²) >= 11 is 0. The second-order valence-electron chi connectivity index (χ2n) is 3.32. The molecule has 0 unspecified atom stereocenters. The maximum Gasteiger partial charge on any atom is 0.00701 e. The zero-order chi connectivity index (χ0) is 6.85. The third-order valence-corrected chi connectivity index (χ3v) is 2.27. The van der Waals surface area contributed by atoms with Gasteiger partial charge in [-0.3, -0.25) is 4.90 Å². The normalized spacial score (nSPS) is 30.0. The van der Waals surface area contributed by atoms with Gasteiger partial charge in [0.1, 0.15) is 0 Å². The second-order valence-corrected chi connectivity index (χ2v) is 3.32. The molecule has 0 aromatic carbocycles. The highest BCUT2D eigenvalue weighted by Gasteiger charge is 2.21. The first-order valence-corrected chi connectivity index (χ1v) is 3.97. The number of nitrogens with zero attached hydrogens (tertiary/aromatic N) is 1. The van der Waals surface area contributed by atoms with E-state index in [-0.39, 0.29) is 0 Å². The third kappa shape index (κ3) is 1.45. The zero-order valence-corrected chi connectivity index (χ0v) is 6.72. The molecule has 1 rings (SSSR count). The summed E-state index contributed by atoms with van der Waals surface area (Å²) in [6, 6.07) is 1.59. The Bertz CT molecular complexity index is 88.6. The molecule has 0 amide bonds. The minimum atomic E-state index is 0.752. The smallest absolute Gasteiger partial charge is 0.00701 e. The van der Waals surface area contributed by atoms with Gasteiger partial charge in [0.15, 0.2) is 0 Å². The molecule has 0 aromatic rings. The van der Waals surface area contributed by atoms with Crippen molar-refractivity contribution in [2.75, 3.05) is 6.54 Å². The third-order valence-electron chi connectivity index (χ3n) is 2.27. The lowest BCUT2D eigenvalue weighted by atomic mass is 10.2. The molecular formula is C8H17N. The Kier molecular flexibility index (Phi) is 2.12. The van der Waals surface area contributed by atoms with Gasteiger partial charge in [0.05, 0.1) is 0 Å². The van der Waals surface area contributed by atoms with Gasteiger partial charge in [-0.05, 0) is 40.2 Å². The average Bonchev–Trinajstić information content (AvgIpc) is 2.13. The molecule has 0 N–H and O–H groups in total. The highest BCUT2D eigenvalue weighted by Crippen LogP contribution is 2.18. The summed E-state index contributed by atoms with van der Waals surface area (Å²) in [5.74, 6) is 0. The molecule has 0 aliphatic carbocycles. The highest BCUT2D eigenvalue weighted by molar-refractivity contribution is 4.77. The van der Waals surface area contributed by atoms with Crippen LogP contribution in [0.5, 0.6) is 0 Å². The molecular weight excluding hydrogens is 110 g/mol. The summed E-state index contributed by atoms with van der Waals surface area (Å²) in [6.45, 7) is 8.20. The van der Waals surface area contributed by atoms with Gasteiger partial charge in [0.2, 0.25) is 0 Å². The molecule has 0 spiro atoms. The van der Waals surface area contributed by atoms with Crippen LogP contribution in [-0.4, -0.2) is 23.5 Å². The van der Waals surface area contributed by atoms with Crippen LogP contribution in [0.25, 0.3) is 0 Å². The predicted octanol–water partition coefficient (Wildman–Crippen LogP) is 1.88. The van der Waals surface area contributed by atoms with E-state index in [1.54, 1.807) is 0 Å². The number of hydrogen-bond acceptors (Lipinski definition) is 1. The van der Waals surface area contributed by atoms with Crippen molar-refractivity contribution in [3.05, 3.63) is 0 Å². The van der Waals surface area contributed by atoms with Crippen LogP contribution in [0.3, 0.4) is 0 Å². The molecule has 0 aromatic heterocycles. The van der Waals surface area contributed by atoms with E-state index in [1.807, 2.05) is 0 Å². The van der Waals surface area contributed by atoms with Gasteiger partial charge in [0, 0.05) is 12.1 Å². The summed E-state index contributed by atoms with van der Waals surface area (Å²) in [5, 5.41) is 0. The predicted molar refractivity (Wildman–Crippen MR) is 40.5 cm³/mol. The van der Waals surface area contributed by atoms with Crippen LogP contribution in [0, 0.1) is 0 Å². The molecule has 0 radical (unpaired) electrons. The van der Waals surface area contributed by atoms with E-state index in [9.17, 15) is 0 Å². The molecule has 9 heavy (non-hydrogen) atoms. The molecule has 1 atom stereocenters. The Morgan fingerprint density at radius 2 is 2.11 bits per heavy atom. The van der Waals surface area contributed by atoms with Crippen LogP contribution < -0.4 is 0 Å². The summed E-state index contributed by atoms with van der Waals surface area (Å²) < 4.78 is 0. The Labute approximate surface area is 58.0 Å². The number of rotatable bonds is 1. The van der Waals surface area contributed by atoms with E-state index in [4.69, 9.17) is 0 Å². The molecule has 1 aliphatic heterocycles. The fourth-order valence-corrected chi connectivity index (χ4v) is 1.72. The van der Waals surface area contributed by atoms with Gasteiger partial charge < -0.3 is 0 Å². The van der Waals surface area contributed by atoms with Crippen LogP contribution in [0.1, 0.15) is 33.6 Å². The maximum atomic E-state index is 2.57. The van der Waals surface area contributed by atoms with Gasteiger partial charge in [-0.15, -0.1) is 0 Å². The molecule has 1 saturated heterocycles. The fraction of sp³-hybridized carbons (Fsp3) is 1.00. The number of hydrogen-bond donors (Lipinski definition) is 0. The summed E-state index contributed by atoms with van der Waals surface area (Å²) in [7, 11) is 0. The van der Waals surface area contributed by atoms with E-state index in [2.05, 4.69) is 25.7 Å². The van der Waals surface area contributed by atoms with Crippen molar-refractivity contribution in [1.29, 1.82) is 0 Å². The number of likely N-dealkylation sites (tertiary alicyclic amines) is 1. The molecule has 1 fully saturated rings. The standard InChI is InChI=1S/C8H17N/c1-7(2)9-6-4-5-8(9)3/h7-8H,4-6H2,1-3H3/t8-/m1/s1. The molecule has 54 valence electrons. The van der Waals surface area contributed by atoms with Gasteiger partial charge in [-0.25, -0.2) is 0 Å². The Hall–Kier alpha value is -0.0400. The van der Waals surface area contributed by atoms with Crippen molar-refractivity contribution in [2.45, 2.75) is 45.7 Å². The average molecular weight is 127 g/mol. The molecule has 1 heterocycles. The lowest BCUT2D eigenvalue weighted by Crippen LogP contribution is -2.33. The van der Waals surface area contributed by atoms with E-state index in [1.165, 1.54) is 19.4 Å². The zero-order valence-electron chi connectivity index (χ0n) is 6.72. The monoisotopic (exact) mass is 127 g/mol. The second kappa shape index (κ2) is 2.70. The molecule has 1 nitrogen and oxygen atoms in total. The first-order chi connectivity index (χ1) is 4.22. The van der Waals surface area contributed by atoms with Crippen molar-refractivity contribution in [3.8, 4) is 0 Å². The molecule has 0 bridgehead atoms. The van der Waals surface area contributed by atoms with Crippen molar-refractivity contribution in [3.63, 3.8) is 0 Å². The summed E-state index contributed by atoms with van der Waals surface area (Å²) in [5.41, 5.74) is 0. The summed E-state index contributed by atoms with van der Waals surface area (Å²) in [4.78, 5) is 2.57. The molecule has 1 aliphatic rings. The minimum Gasteiger partial charge on any atom is -0.298 e. The van der Waals surface area contributed by atoms with Crippen LogP contribution in [0.15, 0.2) is 0 Å². The largest absolute Gasteiger partial charge is 0.298 e. The first-order valence-electron chi connectivity index (χ1n) is 3.97. The van der Waals surface area contributed by atoms with E-state index >= 15 is 0 Å². The fourth-order valence-electron chi connectivity index (χ4n) is 1.72. The van der Waals surface area contributed by atoms with Crippen LogP contribution in [0.2, 0.25) is 0 Å². The highest BCUT2D eigenvalue weighted by atomic mass is 15.2. The molecule has 0 saturated carbocycles. The Morgan fingerprint density at radius 1 is 1.44 bits per heavy atom. The first kappa shape index (κ1) is 7.07. The van der Waals surface area contributed by atoms with Crippen molar-refractivity contribution in [1.82, 2.24) is 4.90 Å². The van der Waals surface area contributed by atoms with Gasteiger partial charge in [0.25, 0.3) is 0 Å². The lowest BCUT2D eigenvalue weighted by Gasteiger charge is -2.24. The quantitative estimate of drug-likeness (QED) is 0.520. The minimum absolute atomic E-state index is 0.752. The van der Waals surface area contributed by atoms with Crippen LogP contribution >= 0.6 is 0 Å². The van der Waals surface area contributed by atoms with E-state index in [0.717, 1.165) is 12.1 Å². The Balaban J connectivity index is 2.40. The maximum absolute atomic E-state index is 2.57. The van der Waals surface area contributed by atoms with Crippen molar-refractivity contribution < 1.29 is 0 Å². The van der Waals surface area contributed by atoms with Crippen LogP contribution in [-0.2, 0) is 0 Å². The lowest BCUT2D eigenvalue weighted by molar-refractivity contribution is 0.216. The topological polar surface area (TPSA) is 3.24 Å². The molecule has 1 heteroatoms. The SMILES string of the molecule is CC(C)N1CCC[C@H]1C. The van der Waals surface area contributed by atoms with Gasteiger partial charge in [-0.1, -0.05) is 0 Å². The van der Waals surface area contributed by atoms with Crippen LogP contribution in [0.4, 0.5) is 0 Å². The van der Waals surface area contributed by atoms with Crippen molar-refractivity contribution in [2.24, 2.45) is 0 Å². The Morgan fingerprint density at radius 3 is 2.33 bits per heavy atom.